The second kappa shape index (κ2) is 6.79. The number of rotatable bonds is 5. The van der Waals surface area contributed by atoms with Gasteiger partial charge in [-0.15, -0.1) is 0 Å². The first-order valence-corrected chi connectivity index (χ1v) is 6.89. The number of esters is 1. The number of phenolic OH excluding ortho intramolecular Hbond substituents is 1. The predicted molar refractivity (Wildman–Crippen MR) is 82.3 cm³/mol. The van der Waals surface area contributed by atoms with Crippen molar-refractivity contribution in [1.82, 2.24) is 0 Å². The molecule has 0 bridgehead atoms. The fourth-order valence-corrected chi connectivity index (χ4v) is 2.11. The first-order valence-electron chi connectivity index (χ1n) is 6.89. The van der Waals surface area contributed by atoms with E-state index in [9.17, 15) is 9.90 Å². The van der Waals surface area contributed by atoms with E-state index in [1.54, 1.807) is 31.2 Å². The molecule has 0 aliphatic carbocycles. The molecule has 0 saturated carbocycles. The number of carbonyl (C=O) groups excluding carboxylic acids is 1. The number of aryl methyl sites for hydroxylation is 1. The Labute approximate surface area is 124 Å². The van der Waals surface area contributed by atoms with Gasteiger partial charge >= 0.3 is 5.97 Å². The lowest BCUT2D eigenvalue weighted by Gasteiger charge is -2.19. The highest BCUT2D eigenvalue weighted by atomic mass is 16.5. The Balaban J connectivity index is 2.30. The van der Waals surface area contributed by atoms with E-state index in [-0.39, 0.29) is 11.7 Å². The second-order valence-electron chi connectivity index (χ2n) is 4.79. The zero-order chi connectivity index (χ0) is 15.2. The van der Waals surface area contributed by atoms with Crippen LogP contribution in [0.4, 0.5) is 5.69 Å². The summed E-state index contributed by atoms with van der Waals surface area (Å²) in [5.41, 5.74) is 2.59. The van der Waals surface area contributed by atoms with Crippen molar-refractivity contribution in [3.05, 3.63) is 59.7 Å². The van der Waals surface area contributed by atoms with E-state index in [1.807, 2.05) is 31.2 Å². The summed E-state index contributed by atoms with van der Waals surface area (Å²) in [5, 5.41) is 12.8. The summed E-state index contributed by atoms with van der Waals surface area (Å²) in [5.74, 6) is -0.252. The van der Waals surface area contributed by atoms with Crippen LogP contribution in [0, 0.1) is 6.92 Å². The lowest BCUT2D eigenvalue weighted by atomic mass is 10.1. The SMILES string of the molecule is CCOC(=O)C(Nc1cccc(C)c1)c1cccc(O)c1. The Morgan fingerprint density at radius 3 is 2.67 bits per heavy atom. The van der Waals surface area contributed by atoms with E-state index < -0.39 is 6.04 Å². The molecule has 2 aromatic rings. The first kappa shape index (κ1) is 14.9. The van der Waals surface area contributed by atoms with Crippen LogP contribution in [0.25, 0.3) is 0 Å². The zero-order valence-corrected chi connectivity index (χ0v) is 12.2. The van der Waals surface area contributed by atoms with Crippen molar-refractivity contribution < 1.29 is 14.6 Å². The Kier molecular flexibility index (Phi) is 4.82. The number of ether oxygens (including phenoxy) is 1. The minimum Gasteiger partial charge on any atom is -0.508 e. The molecule has 4 heteroatoms. The first-order chi connectivity index (χ1) is 10.1. The van der Waals surface area contributed by atoms with Gasteiger partial charge in [0.25, 0.3) is 0 Å². The number of nitrogens with one attached hydrogen (secondary N) is 1. The van der Waals surface area contributed by atoms with Crippen molar-refractivity contribution in [3.8, 4) is 5.75 Å². The summed E-state index contributed by atoms with van der Waals surface area (Å²) in [7, 11) is 0. The molecule has 2 aromatic carbocycles. The maximum absolute atomic E-state index is 12.2. The van der Waals surface area contributed by atoms with E-state index in [1.165, 1.54) is 0 Å². The number of carbonyl (C=O) groups is 1. The highest BCUT2D eigenvalue weighted by Gasteiger charge is 2.22. The van der Waals surface area contributed by atoms with Gasteiger partial charge in [0.05, 0.1) is 6.61 Å². The van der Waals surface area contributed by atoms with Gasteiger partial charge in [-0.05, 0) is 49.2 Å². The van der Waals surface area contributed by atoms with Crippen LogP contribution in [0.1, 0.15) is 24.1 Å². The van der Waals surface area contributed by atoms with E-state index in [0.717, 1.165) is 11.3 Å². The van der Waals surface area contributed by atoms with E-state index in [4.69, 9.17) is 4.74 Å². The highest BCUT2D eigenvalue weighted by molar-refractivity contribution is 5.81. The highest BCUT2D eigenvalue weighted by Crippen LogP contribution is 2.24. The molecule has 21 heavy (non-hydrogen) atoms. The van der Waals surface area contributed by atoms with Crippen LogP contribution in [0.3, 0.4) is 0 Å². The second-order valence-corrected chi connectivity index (χ2v) is 4.79. The van der Waals surface area contributed by atoms with Crippen LogP contribution >= 0.6 is 0 Å². The average Bonchev–Trinajstić information content (AvgIpc) is 2.45. The number of hydrogen-bond acceptors (Lipinski definition) is 4. The number of aromatic hydroxyl groups is 1. The van der Waals surface area contributed by atoms with Gasteiger partial charge in [0, 0.05) is 5.69 Å². The minimum absolute atomic E-state index is 0.118. The Hall–Kier alpha value is -2.49. The van der Waals surface area contributed by atoms with Crippen LogP contribution in [0.5, 0.6) is 5.75 Å². The summed E-state index contributed by atoms with van der Waals surface area (Å²) in [4.78, 5) is 12.2. The minimum atomic E-state index is -0.654. The van der Waals surface area contributed by atoms with Crippen molar-refractivity contribution in [1.29, 1.82) is 0 Å². The maximum atomic E-state index is 12.2. The van der Waals surface area contributed by atoms with Gasteiger partial charge in [0.15, 0.2) is 6.04 Å². The number of phenols is 1. The van der Waals surface area contributed by atoms with Gasteiger partial charge < -0.3 is 15.2 Å². The Bertz CT molecular complexity index is 625. The van der Waals surface area contributed by atoms with Crippen molar-refractivity contribution in [2.75, 3.05) is 11.9 Å². The summed E-state index contributed by atoms with van der Waals surface area (Å²) < 4.78 is 5.12. The van der Waals surface area contributed by atoms with Crippen molar-refractivity contribution in [2.24, 2.45) is 0 Å². The zero-order valence-electron chi connectivity index (χ0n) is 12.2. The normalized spacial score (nSPS) is 11.7. The quantitative estimate of drug-likeness (QED) is 0.826. The Morgan fingerprint density at radius 2 is 2.00 bits per heavy atom. The largest absolute Gasteiger partial charge is 0.508 e. The molecule has 0 aliphatic heterocycles. The predicted octanol–water partition coefficient (Wildman–Crippen LogP) is 3.42. The van der Waals surface area contributed by atoms with Crippen LogP contribution in [0.2, 0.25) is 0 Å². The molecule has 0 heterocycles. The summed E-state index contributed by atoms with van der Waals surface area (Å²) in [6, 6.07) is 13.7. The fraction of sp³-hybridized carbons (Fsp3) is 0.235. The van der Waals surface area contributed by atoms with Gasteiger partial charge in [-0.25, -0.2) is 4.79 Å². The maximum Gasteiger partial charge on any atom is 0.333 e. The summed E-state index contributed by atoms with van der Waals surface area (Å²) >= 11 is 0. The monoisotopic (exact) mass is 285 g/mol. The van der Waals surface area contributed by atoms with E-state index in [2.05, 4.69) is 5.32 Å². The van der Waals surface area contributed by atoms with Crippen LogP contribution in [0.15, 0.2) is 48.5 Å². The molecule has 0 aliphatic rings. The molecule has 2 N–H and O–H groups in total. The molecule has 2 rings (SSSR count). The summed E-state index contributed by atoms with van der Waals surface area (Å²) in [6.45, 7) is 4.06. The van der Waals surface area contributed by atoms with Crippen molar-refractivity contribution >= 4 is 11.7 Å². The van der Waals surface area contributed by atoms with Gasteiger partial charge in [0.1, 0.15) is 5.75 Å². The number of hydrogen-bond donors (Lipinski definition) is 2. The van der Waals surface area contributed by atoms with Gasteiger partial charge in [-0.3, -0.25) is 0 Å². The molecule has 1 unspecified atom stereocenters. The molecule has 0 saturated heterocycles. The number of anilines is 1. The molecular weight excluding hydrogens is 266 g/mol. The third kappa shape index (κ3) is 3.99. The standard InChI is InChI=1S/C17H19NO3/c1-3-21-17(20)16(13-7-5-9-15(19)11-13)18-14-8-4-6-12(2)10-14/h4-11,16,18-19H,3H2,1-2H3. The van der Waals surface area contributed by atoms with Crippen LogP contribution in [-0.4, -0.2) is 17.7 Å². The lowest BCUT2D eigenvalue weighted by molar-refractivity contribution is -0.144. The lowest BCUT2D eigenvalue weighted by Crippen LogP contribution is -2.23. The van der Waals surface area contributed by atoms with Crippen LogP contribution in [-0.2, 0) is 9.53 Å². The molecule has 0 spiro atoms. The smallest absolute Gasteiger partial charge is 0.333 e. The van der Waals surface area contributed by atoms with Crippen LogP contribution < -0.4 is 5.32 Å². The average molecular weight is 285 g/mol. The Morgan fingerprint density at radius 1 is 1.24 bits per heavy atom. The molecule has 0 fully saturated rings. The molecule has 1 atom stereocenters. The van der Waals surface area contributed by atoms with E-state index in [0.29, 0.717) is 12.2 Å². The third-order valence-corrected chi connectivity index (χ3v) is 3.05. The van der Waals surface area contributed by atoms with Crippen molar-refractivity contribution in [2.45, 2.75) is 19.9 Å². The topological polar surface area (TPSA) is 58.6 Å². The van der Waals surface area contributed by atoms with Gasteiger partial charge in [-0.1, -0.05) is 24.3 Å². The molecular formula is C17H19NO3. The third-order valence-electron chi connectivity index (χ3n) is 3.05. The van der Waals surface area contributed by atoms with E-state index >= 15 is 0 Å². The summed E-state index contributed by atoms with van der Waals surface area (Å²) in [6.07, 6.45) is 0. The van der Waals surface area contributed by atoms with Gasteiger partial charge in [0.2, 0.25) is 0 Å². The molecule has 0 amide bonds. The van der Waals surface area contributed by atoms with Gasteiger partial charge in [-0.2, -0.15) is 0 Å². The van der Waals surface area contributed by atoms with Crippen molar-refractivity contribution in [3.63, 3.8) is 0 Å². The molecule has 110 valence electrons. The molecule has 0 aromatic heterocycles. The molecule has 0 radical (unpaired) electrons. The molecule has 4 nitrogen and oxygen atoms in total. The fourth-order valence-electron chi connectivity index (χ4n) is 2.11. The number of benzene rings is 2.